The Hall–Kier alpha value is -2.61. The fraction of sp³-hybridized carbons (Fsp3) is 0.286. The highest BCUT2D eigenvalue weighted by Crippen LogP contribution is 2.34. The van der Waals surface area contributed by atoms with Gasteiger partial charge in [-0.2, -0.15) is 0 Å². The van der Waals surface area contributed by atoms with E-state index < -0.39 is 0 Å². The Morgan fingerprint density at radius 2 is 2.00 bits per heavy atom. The summed E-state index contributed by atoms with van der Waals surface area (Å²) in [6, 6.07) is 14.0. The van der Waals surface area contributed by atoms with Crippen LogP contribution >= 0.6 is 11.3 Å². The normalized spacial score (nSPS) is 19.0. The van der Waals surface area contributed by atoms with E-state index in [1.54, 1.807) is 0 Å². The van der Waals surface area contributed by atoms with Crippen LogP contribution in [0.4, 0.5) is 10.8 Å². The van der Waals surface area contributed by atoms with Crippen LogP contribution in [0.25, 0.3) is 10.2 Å². The summed E-state index contributed by atoms with van der Waals surface area (Å²) in [7, 11) is 0. The van der Waals surface area contributed by atoms with Gasteiger partial charge < -0.3 is 4.74 Å². The van der Waals surface area contributed by atoms with Crippen LogP contribution in [-0.2, 0) is 9.53 Å². The SMILES string of the molecule is Cc1ccc2nc(/N=C3\C(=O)N(CN4CCOCC4)c4ccccc43)sc2c1. The van der Waals surface area contributed by atoms with Gasteiger partial charge in [-0.3, -0.25) is 14.6 Å². The molecule has 1 aromatic heterocycles. The maximum absolute atomic E-state index is 13.2. The predicted molar refractivity (Wildman–Crippen MR) is 112 cm³/mol. The number of hydrogen-bond acceptors (Lipinski definition) is 6. The zero-order valence-electron chi connectivity index (χ0n) is 15.6. The predicted octanol–water partition coefficient (Wildman–Crippen LogP) is 3.36. The van der Waals surface area contributed by atoms with Crippen LogP contribution in [0.1, 0.15) is 11.1 Å². The molecular formula is C21H20N4O2S. The number of aryl methyl sites for hydroxylation is 1. The highest BCUT2D eigenvalue weighted by molar-refractivity contribution is 7.22. The number of hydrogen-bond donors (Lipinski definition) is 0. The van der Waals surface area contributed by atoms with Crippen molar-refractivity contribution in [2.45, 2.75) is 6.92 Å². The molecule has 0 saturated carbocycles. The Morgan fingerprint density at radius 3 is 2.86 bits per heavy atom. The van der Waals surface area contributed by atoms with E-state index in [2.05, 4.69) is 27.9 Å². The van der Waals surface area contributed by atoms with Crippen molar-refractivity contribution < 1.29 is 9.53 Å². The molecule has 1 amide bonds. The summed E-state index contributed by atoms with van der Waals surface area (Å²) < 4.78 is 6.51. The van der Waals surface area contributed by atoms with E-state index >= 15 is 0 Å². The zero-order chi connectivity index (χ0) is 19.1. The number of ether oxygens (including phenoxy) is 1. The highest BCUT2D eigenvalue weighted by Gasteiger charge is 2.35. The topological polar surface area (TPSA) is 58.0 Å². The van der Waals surface area contributed by atoms with Gasteiger partial charge in [0.15, 0.2) is 0 Å². The Labute approximate surface area is 167 Å². The minimum Gasteiger partial charge on any atom is -0.379 e. The number of benzene rings is 2. The van der Waals surface area contributed by atoms with Crippen LogP contribution in [0.15, 0.2) is 47.5 Å². The molecule has 0 bridgehead atoms. The number of para-hydroxylation sites is 1. The minimum atomic E-state index is -0.0665. The lowest BCUT2D eigenvalue weighted by atomic mass is 10.1. The number of aliphatic imine (C=N–C) groups is 1. The van der Waals surface area contributed by atoms with Crippen molar-refractivity contribution in [2.75, 3.05) is 37.9 Å². The van der Waals surface area contributed by atoms with Crippen molar-refractivity contribution in [3.05, 3.63) is 53.6 Å². The molecule has 6 nitrogen and oxygen atoms in total. The van der Waals surface area contributed by atoms with Gasteiger partial charge in [0.1, 0.15) is 5.71 Å². The number of carbonyl (C=O) groups excluding carboxylic acids is 1. The molecule has 5 rings (SSSR count). The second-order valence-electron chi connectivity index (χ2n) is 7.05. The van der Waals surface area contributed by atoms with E-state index in [1.807, 2.05) is 41.3 Å². The van der Waals surface area contributed by atoms with E-state index in [0.29, 0.717) is 30.7 Å². The molecule has 0 atom stereocenters. The average molecular weight is 392 g/mol. The van der Waals surface area contributed by atoms with Gasteiger partial charge in [0.2, 0.25) is 5.13 Å². The number of rotatable bonds is 3. The smallest absolute Gasteiger partial charge is 0.278 e. The van der Waals surface area contributed by atoms with Crippen LogP contribution < -0.4 is 4.90 Å². The van der Waals surface area contributed by atoms with Crippen LogP contribution in [0.3, 0.4) is 0 Å². The standard InChI is InChI=1S/C21H20N4O2S/c1-14-6-7-16-18(12-14)28-21(22-16)23-19-15-4-2-3-5-17(15)25(20(19)26)13-24-8-10-27-11-9-24/h2-7,12H,8-11,13H2,1H3/b23-19-. The van der Waals surface area contributed by atoms with Crippen molar-refractivity contribution in [1.29, 1.82) is 0 Å². The van der Waals surface area contributed by atoms with E-state index in [-0.39, 0.29) is 5.91 Å². The maximum atomic E-state index is 13.2. The van der Waals surface area contributed by atoms with Gasteiger partial charge in [0.25, 0.3) is 5.91 Å². The Morgan fingerprint density at radius 1 is 1.18 bits per heavy atom. The number of thiazole rings is 1. The molecule has 0 unspecified atom stereocenters. The van der Waals surface area contributed by atoms with E-state index in [0.717, 1.165) is 34.6 Å². The summed E-state index contributed by atoms with van der Waals surface area (Å²) in [5.41, 5.74) is 4.36. The minimum absolute atomic E-state index is 0.0665. The third-order valence-electron chi connectivity index (χ3n) is 5.08. The summed E-state index contributed by atoms with van der Waals surface area (Å²) in [5, 5.41) is 0.618. The number of nitrogens with zero attached hydrogens (tertiary/aromatic N) is 4. The quantitative estimate of drug-likeness (QED) is 0.686. The van der Waals surface area contributed by atoms with E-state index in [1.165, 1.54) is 16.9 Å². The van der Waals surface area contributed by atoms with Gasteiger partial charge in [-0.1, -0.05) is 35.6 Å². The van der Waals surface area contributed by atoms with Gasteiger partial charge in [0, 0.05) is 18.7 Å². The summed E-state index contributed by atoms with van der Waals surface area (Å²) in [4.78, 5) is 26.6. The third kappa shape index (κ3) is 3.11. The maximum Gasteiger partial charge on any atom is 0.278 e. The van der Waals surface area contributed by atoms with Crippen LogP contribution in [-0.4, -0.2) is 54.5 Å². The highest BCUT2D eigenvalue weighted by atomic mass is 32.1. The summed E-state index contributed by atoms with van der Waals surface area (Å²) >= 11 is 1.52. The van der Waals surface area contributed by atoms with E-state index in [9.17, 15) is 4.79 Å². The molecule has 3 heterocycles. The Bertz CT molecular complexity index is 1080. The van der Waals surface area contributed by atoms with Crippen LogP contribution in [0, 0.1) is 6.92 Å². The molecule has 2 aromatic carbocycles. The first-order valence-electron chi connectivity index (χ1n) is 9.36. The fourth-order valence-electron chi connectivity index (χ4n) is 3.62. The van der Waals surface area contributed by atoms with Gasteiger partial charge in [-0.15, -0.1) is 0 Å². The first kappa shape index (κ1) is 17.5. The lowest BCUT2D eigenvalue weighted by molar-refractivity contribution is -0.112. The molecule has 0 aliphatic carbocycles. The fourth-order valence-corrected chi connectivity index (χ4v) is 4.56. The molecule has 142 valence electrons. The van der Waals surface area contributed by atoms with Gasteiger partial charge >= 0.3 is 0 Å². The summed E-state index contributed by atoms with van der Waals surface area (Å²) in [6.07, 6.45) is 0. The van der Waals surface area contributed by atoms with Gasteiger partial charge in [0.05, 0.1) is 35.8 Å². The summed E-state index contributed by atoms with van der Waals surface area (Å²) in [5.74, 6) is -0.0665. The third-order valence-corrected chi connectivity index (χ3v) is 5.99. The Kier molecular flexibility index (Phi) is 4.43. The van der Waals surface area contributed by atoms with E-state index in [4.69, 9.17) is 4.74 Å². The lowest BCUT2D eigenvalue weighted by Gasteiger charge is -2.30. The number of fused-ring (bicyclic) bond motifs is 2. The molecule has 2 aliphatic heterocycles. The molecule has 0 N–H and O–H groups in total. The average Bonchev–Trinajstić information content (AvgIpc) is 3.23. The molecule has 3 aromatic rings. The first-order valence-corrected chi connectivity index (χ1v) is 10.2. The van der Waals surface area contributed by atoms with Gasteiger partial charge in [-0.05, 0) is 30.7 Å². The molecule has 1 saturated heterocycles. The lowest BCUT2D eigenvalue weighted by Crippen LogP contribution is -2.45. The number of carbonyl (C=O) groups is 1. The van der Waals surface area contributed by atoms with Crippen molar-refractivity contribution >= 4 is 44.0 Å². The number of amides is 1. The molecule has 0 spiro atoms. The van der Waals surface area contributed by atoms with Crippen LogP contribution in [0.5, 0.6) is 0 Å². The second kappa shape index (κ2) is 7.09. The molecule has 2 aliphatic rings. The van der Waals surface area contributed by atoms with Gasteiger partial charge in [-0.25, -0.2) is 9.98 Å². The number of aromatic nitrogens is 1. The Balaban J connectivity index is 1.51. The van der Waals surface area contributed by atoms with Crippen molar-refractivity contribution in [2.24, 2.45) is 4.99 Å². The summed E-state index contributed by atoms with van der Waals surface area (Å²) in [6.45, 7) is 5.68. The van der Waals surface area contributed by atoms with Crippen LogP contribution in [0.2, 0.25) is 0 Å². The largest absolute Gasteiger partial charge is 0.379 e. The second-order valence-corrected chi connectivity index (χ2v) is 8.06. The molecule has 7 heteroatoms. The molecule has 1 fully saturated rings. The first-order chi connectivity index (χ1) is 13.7. The number of anilines is 1. The monoisotopic (exact) mass is 392 g/mol. The van der Waals surface area contributed by atoms with Crippen molar-refractivity contribution in [1.82, 2.24) is 9.88 Å². The van der Waals surface area contributed by atoms with Crippen molar-refractivity contribution in [3.8, 4) is 0 Å². The zero-order valence-corrected chi connectivity index (χ0v) is 16.4. The molecule has 0 radical (unpaired) electrons. The molecular weight excluding hydrogens is 372 g/mol. The van der Waals surface area contributed by atoms with Crippen molar-refractivity contribution in [3.63, 3.8) is 0 Å². The number of morpholine rings is 1. The molecule has 28 heavy (non-hydrogen) atoms.